The molecule has 1 aromatic heterocycles. The molecule has 0 fully saturated rings. The highest BCUT2D eigenvalue weighted by atomic mass is 16.6. The van der Waals surface area contributed by atoms with Crippen LogP contribution in [0.1, 0.15) is 15.9 Å². The number of nitro benzene ring substituents is 1. The third-order valence-electron chi connectivity index (χ3n) is 3.00. The largest absolute Gasteiger partial charge is 0.494 e. The molecule has 1 amide bonds. The van der Waals surface area contributed by atoms with Gasteiger partial charge in [-0.2, -0.15) is 0 Å². The van der Waals surface area contributed by atoms with Gasteiger partial charge in [0.1, 0.15) is 11.4 Å². The Bertz CT molecular complexity index is 700. The Kier molecular flexibility index (Phi) is 4.13. The summed E-state index contributed by atoms with van der Waals surface area (Å²) in [7, 11) is 1.48. The van der Waals surface area contributed by atoms with Gasteiger partial charge in [-0.15, -0.1) is 0 Å². The van der Waals surface area contributed by atoms with Crippen LogP contribution in [0.25, 0.3) is 0 Å². The Labute approximate surface area is 120 Å². The van der Waals surface area contributed by atoms with Gasteiger partial charge in [0.15, 0.2) is 0 Å². The maximum absolute atomic E-state index is 12.3. The van der Waals surface area contributed by atoms with Crippen molar-refractivity contribution in [3.8, 4) is 5.75 Å². The van der Waals surface area contributed by atoms with Gasteiger partial charge in [0.05, 0.1) is 18.2 Å². The number of hydrogen-bond acceptors (Lipinski definition) is 5. The van der Waals surface area contributed by atoms with E-state index < -0.39 is 10.8 Å². The molecule has 0 bridgehead atoms. The molecule has 0 saturated heterocycles. The number of anilines is 1. The molecule has 7 nitrogen and oxygen atoms in total. The van der Waals surface area contributed by atoms with E-state index in [2.05, 4.69) is 10.3 Å². The number of aromatic nitrogens is 1. The Balaban J connectivity index is 2.33. The molecule has 0 aliphatic carbocycles. The van der Waals surface area contributed by atoms with E-state index in [4.69, 9.17) is 4.74 Å². The molecular formula is C14H13N3O4. The second-order valence-electron chi connectivity index (χ2n) is 4.24. The molecule has 0 atom stereocenters. The number of nitrogens with one attached hydrogen (secondary N) is 1. The maximum atomic E-state index is 12.3. The molecule has 21 heavy (non-hydrogen) atoms. The summed E-state index contributed by atoms with van der Waals surface area (Å²) in [4.78, 5) is 26.5. The van der Waals surface area contributed by atoms with E-state index in [9.17, 15) is 14.9 Å². The third kappa shape index (κ3) is 2.97. The maximum Gasteiger partial charge on any atom is 0.273 e. The number of carbonyl (C=O) groups is 1. The van der Waals surface area contributed by atoms with Crippen molar-refractivity contribution in [2.75, 3.05) is 12.4 Å². The van der Waals surface area contributed by atoms with Gasteiger partial charge in [-0.05, 0) is 13.0 Å². The van der Waals surface area contributed by atoms with Crippen molar-refractivity contribution >= 4 is 17.3 Å². The van der Waals surface area contributed by atoms with Crippen LogP contribution in [0.4, 0.5) is 11.4 Å². The van der Waals surface area contributed by atoms with Gasteiger partial charge < -0.3 is 10.1 Å². The van der Waals surface area contributed by atoms with Crippen molar-refractivity contribution in [3.63, 3.8) is 0 Å². The SMILES string of the molecule is COc1ccncc1NC(=O)c1cccc([N+](=O)[O-])c1C. The summed E-state index contributed by atoms with van der Waals surface area (Å²) < 4.78 is 5.11. The molecule has 0 aliphatic rings. The zero-order chi connectivity index (χ0) is 15.4. The Hall–Kier alpha value is -2.96. The number of ether oxygens (including phenoxy) is 1. The number of rotatable bonds is 4. The fourth-order valence-corrected chi connectivity index (χ4v) is 1.91. The predicted molar refractivity (Wildman–Crippen MR) is 76.6 cm³/mol. The molecule has 1 heterocycles. The highest BCUT2D eigenvalue weighted by Crippen LogP contribution is 2.25. The van der Waals surface area contributed by atoms with Crippen molar-refractivity contribution in [2.45, 2.75) is 6.92 Å². The lowest BCUT2D eigenvalue weighted by molar-refractivity contribution is -0.385. The zero-order valence-corrected chi connectivity index (χ0v) is 11.5. The van der Waals surface area contributed by atoms with Gasteiger partial charge in [0.25, 0.3) is 11.6 Å². The molecule has 0 radical (unpaired) electrons. The van der Waals surface area contributed by atoms with Crippen LogP contribution < -0.4 is 10.1 Å². The first kappa shape index (κ1) is 14.4. The first-order valence-electron chi connectivity index (χ1n) is 6.08. The van der Waals surface area contributed by atoms with E-state index in [0.717, 1.165) is 0 Å². The van der Waals surface area contributed by atoms with Gasteiger partial charge >= 0.3 is 0 Å². The van der Waals surface area contributed by atoms with Crippen LogP contribution in [0.15, 0.2) is 36.7 Å². The molecule has 0 spiro atoms. The van der Waals surface area contributed by atoms with Gasteiger partial charge in [0.2, 0.25) is 0 Å². The number of pyridine rings is 1. The van der Waals surface area contributed by atoms with Crippen molar-refractivity contribution in [2.24, 2.45) is 0 Å². The van der Waals surface area contributed by atoms with Crippen LogP contribution in [-0.2, 0) is 0 Å². The average Bonchev–Trinajstić information content (AvgIpc) is 2.47. The molecular weight excluding hydrogens is 274 g/mol. The van der Waals surface area contributed by atoms with Crippen LogP contribution in [-0.4, -0.2) is 22.9 Å². The minimum Gasteiger partial charge on any atom is -0.494 e. The molecule has 0 unspecified atom stereocenters. The fraction of sp³-hybridized carbons (Fsp3) is 0.143. The fourth-order valence-electron chi connectivity index (χ4n) is 1.91. The lowest BCUT2D eigenvalue weighted by Crippen LogP contribution is -2.14. The number of benzene rings is 1. The molecule has 1 N–H and O–H groups in total. The van der Waals surface area contributed by atoms with Gasteiger partial charge in [-0.1, -0.05) is 6.07 Å². The topological polar surface area (TPSA) is 94.4 Å². The normalized spacial score (nSPS) is 10.0. The van der Waals surface area contributed by atoms with Crippen molar-refractivity contribution in [1.82, 2.24) is 4.98 Å². The summed E-state index contributed by atoms with van der Waals surface area (Å²) in [5, 5.41) is 13.5. The monoisotopic (exact) mass is 287 g/mol. The van der Waals surface area contributed by atoms with E-state index in [0.29, 0.717) is 17.0 Å². The molecule has 1 aromatic carbocycles. The van der Waals surface area contributed by atoms with E-state index in [-0.39, 0.29) is 11.3 Å². The number of amides is 1. The smallest absolute Gasteiger partial charge is 0.273 e. The highest BCUT2D eigenvalue weighted by Gasteiger charge is 2.18. The van der Waals surface area contributed by atoms with Crippen LogP contribution in [0.5, 0.6) is 5.75 Å². The van der Waals surface area contributed by atoms with Crippen molar-refractivity contribution in [3.05, 3.63) is 57.9 Å². The lowest BCUT2D eigenvalue weighted by Gasteiger charge is -2.10. The van der Waals surface area contributed by atoms with Crippen LogP contribution in [0, 0.1) is 17.0 Å². The van der Waals surface area contributed by atoms with E-state index in [1.54, 1.807) is 6.07 Å². The summed E-state index contributed by atoms with van der Waals surface area (Å²) in [6, 6.07) is 5.97. The number of nitro groups is 1. The molecule has 7 heteroatoms. The summed E-state index contributed by atoms with van der Waals surface area (Å²) in [6.45, 7) is 1.54. The van der Waals surface area contributed by atoms with Crippen LogP contribution >= 0.6 is 0 Å². The highest BCUT2D eigenvalue weighted by molar-refractivity contribution is 6.06. The molecule has 108 valence electrons. The van der Waals surface area contributed by atoms with Gasteiger partial charge in [0, 0.05) is 29.5 Å². The second-order valence-corrected chi connectivity index (χ2v) is 4.24. The van der Waals surface area contributed by atoms with E-state index in [1.165, 1.54) is 44.6 Å². The number of carbonyl (C=O) groups excluding carboxylic acids is 1. The van der Waals surface area contributed by atoms with Crippen LogP contribution in [0.3, 0.4) is 0 Å². The summed E-state index contributed by atoms with van der Waals surface area (Å²) in [6.07, 6.45) is 2.98. The summed E-state index contributed by atoms with van der Waals surface area (Å²) >= 11 is 0. The summed E-state index contributed by atoms with van der Waals surface area (Å²) in [5.74, 6) is 0.00364. The zero-order valence-electron chi connectivity index (χ0n) is 11.5. The van der Waals surface area contributed by atoms with Crippen molar-refractivity contribution in [1.29, 1.82) is 0 Å². The average molecular weight is 287 g/mol. The Morgan fingerprint density at radius 3 is 2.81 bits per heavy atom. The molecule has 2 aromatic rings. The first-order chi connectivity index (χ1) is 10.0. The first-order valence-corrected chi connectivity index (χ1v) is 6.08. The number of hydrogen-bond donors (Lipinski definition) is 1. The predicted octanol–water partition coefficient (Wildman–Crippen LogP) is 2.56. The summed E-state index contributed by atoms with van der Waals surface area (Å²) in [5.41, 5.74) is 0.842. The molecule has 0 saturated carbocycles. The Morgan fingerprint density at radius 2 is 2.14 bits per heavy atom. The minimum absolute atomic E-state index is 0.0965. The number of methoxy groups -OCH3 is 1. The van der Waals surface area contributed by atoms with Gasteiger partial charge in [-0.3, -0.25) is 19.9 Å². The van der Waals surface area contributed by atoms with E-state index in [1.807, 2.05) is 0 Å². The van der Waals surface area contributed by atoms with Crippen molar-refractivity contribution < 1.29 is 14.5 Å². The minimum atomic E-state index is -0.517. The van der Waals surface area contributed by atoms with Gasteiger partial charge in [-0.25, -0.2) is 0 Å². The lowest BCUT2D eigenvalue weighted by atomic mass is 10.1. The molecule has 0 aliphatic heterocycles. The second kappa shape index (κ2) is 6.00. The van der Waals surface area contributed by atoms with E-state index >= 15 is 0 Å². The number of nitrogens with zero attached hydrogens (tertiary/aromatic N) is 2. The molecule has 2 rings (SSSR count). The quantitative estimate of drug-likeness (QED) is 0.688. The Morgan fingerprint density at radius 1 is 1.38 bits per heavy atom. The standard InChI is InChI=1S/C14H13N3O4/c1-9-10(4-3-5-12(9)17(19)20)14(18)16-11-8-15-7-6-13(11)21-2/h3-8H,1-2H3,(H,16,18). The third-order valence-corrected chi connectivity index (χ3v) is 3.00. The van der Waals surface area contributed by atoms with Crippen LogP contribution in [0.2, 0.25) is 0 Å².